The number of carbonyl (C=O) groups is 1. The molecule has 94 valence electrons. The molecule has 0 aromatic heterocycles. The van der Waals surface area contributed by atoms with Crippen molar-refractivity contribution < 1.29 is 9.18 Å². The van der Waals surface area contributed by atoms with Crippen LogP contribution in [0.15, 0.2) is 18.2 Å². The minimum Gasteiger partial charge on any atom is -0.348 e. The maximum absolute atomic E-state index is 13.4. The molecule has 3 N–H and O–H groups in total. The first-order chi connectivity index (χ1) is 7.95. The fourth-order valence-corrected chi connectivity index (χ4v) is 1.47. The van der Waals surface area contributed by atoms with Gasteiger partial charge in [-0.1, -0.05) is 19.1 Å². The Hall–Kier alpha value is -1.42. The standard InChI is InChI=1S/C13H19FN2O/c1-4-12(15)13(17)16-9(3)10-6-5-8(2)11(14)7-10/h5-7,9,12H,4,15H2,1-3H3,(H,16,17)/t9?,12-/m0/s1. The van der Waals surface area contributed by atoms with Gasteiger partial charge in [0.25, 0.3) is 0 Å². The molecule has 0 radical (unpaired) electrons. The Morgan fingerprint density at radius 3 is 2.71 bits per heavy atom. The molecule has 0 aliphatic rings. The fraction of sp³-hybridized carbons (Fsp3) is 0.462. The molecule has 1 amide bonds. The van der Waals surface area contributed by atoms with Gasteiger partial charge < -0.3 is 11.1 Å². The van der Waals surface area contributed by atoms with Crippen molar-refractivity contribution in [3.63, 3.8) is 0 Å². The molecule has 3 nitrogen and oxygen atoms in total. The molecule has 1 aromatic carbocycles. The summed E-state index contributed by atoms with van der Waals surface area (Å²) in [6, 6.07) is 4.20. The van der Waals surface area contributed by atoms with Crippen LogP contribution in [-0.2, 0) is 4.79 Å². The van der Waals surface area contributed by atoms with Crippen LogP contribution in [0, 0.1) is 12.7 Å². The average molecular weight is 238 g/mol. The third-order valence-corrected chi connectivity index (χ3v) is 2.83. The molecule has 0 bridgehead atoms. The van der Waals surface area contributed by atoms with E-state index >= 15 is 0 Å². The average Bonchev–Trinajstić information content (AvgIpc) is 2.31. The number of hydrogen-bond donors (Lipinski definition) is 2. The van der Waals surface area contributed by atoms with E-state index in [0.29, 0.717) is 12.0 Å². The van der Waals surface area contributed by atoms with Crippen LogP contribution in [-0.4, -0.2) is 11.9 Å². The van der Waals surface area contributed by atoms with Crippen molar-refractivity contribution >= 4 is 5.91 Å². The highest BCUT2D eigenvalue weighted by molar-refractivity contribution is 5.81. The van der Waals surface area contributed by atoms with Gasteiger partial charge in [-0.05, 0) is 37.5 Å². The van der Waals surface area contributed by atoms with Crippen molar-refractivity contribution in [2.45, 2.75) is 39.3 Å². The number of benzene rings is 1. The summed E-state index contributed by atoms with van der Waals surface area (Å²) >= 11 is 0. The summed E-state index contributed by atoms with van der Waals surface area (Å²) < 4.78 is 13.4. The molecule has 0 spiro atoms. The molecule has 1 aromatic rings. The second kappa shape index (κ2) is 5.77. The Morgan fingerprint density at radius 2 is 2.18 bits per heavy atom. The normalized spacial score (nSPS) is 14.2. The Morgan fingerprint density at radius 1 is 1.53 bits per heavy atom. The summed E-state index contributed by atoms with van der Waals surface area (Å²) in [7, 11) is 0. The maximum Gasteiger partial charge on any atom is 0.237 e. The molecule has 2 atom stereocenters. The minimum atomic E-state index is -0.507. The summed E-state index contributed by atoms with van der Waals surface area (Å²) in [4.78, 5) is 11.6. The zero-order valence-electron chi connectivity index (χ0n) is 10.5. The van der Waals surface area contributed by atoms with Crippen molar-refractivity contribution in [1.82, 2.24) is 5.32 Å². The van der Waals surface area contributed by atoms with Gasteiger partial charge in [0.1, 0.15) is 5.82 Å². The van der Waals surface area contributed by atoms with Crippen molar-refractivity contribution in [2.75, 3.05) is 0 Å². The maximum atomic E-state index is 13.4. The Labute approximate surface area is 101 Å². The summed E-state index contributed by atoms with van der Waals surface area (Å²) in [5, 5.41) is 2.76. The first kappa shape index (κ1) is 13.6. The third kappa shape index (κ3) is 3.53. The highest BCUT2D eigenvalue weighted by atomic mass is 19.1. The Balaban J connectivity index is 2.73. The second-order valence-electron chi connectivity index (χ2n) is 4.25. The van der Waals surface area contributed by atoms with E-state index in [-0.39, 0.29) is 17.8 Å². The van der Waals surface area contributed by atoms with E-state index in [1.807, 2.05) is 13.8 Å². The van der Waals surface area contributed by atoms with Crippen LogP contribution in [0.2, 0.25) is 0 Å². The molecule has 0 heterocycles. The number of amides is 1. The summed E-state index contributed by atoms with van der Waals surface area (Å²) in [6.07, 6.45) is 0.584. The van der Waals surface area contributed by atoms with E-state index in [1.54, 1.807) is 19.1 Å². The lowest BCUT2D eigenvalue weighted by molar-refractivity contribution is -0.123. The number of nitrogens with one attached hydrogen (secondary N) is 1. The van der Waals surface area contributed by atoms with Gasteiger partial charge in [-0.2, -0.15) is 0 Å². The SMILES string of the molecule is CC[C@H](N)C(=O)NC(C)c1ccc(C)c(F)c1. The molecular formula is C13H19FN2O. The highest BCUT2D eigenvalue weighted by Gasteiger charge is 2.15. The van der Waals surface area contributed by atoms with Gasteiger partial charge in [0.05, 0.1) is 12.1 Å². The topological polar surface area (TPSA) is 55.1 Å². The molecule has 1 unspecified atom stereocenters. The number of halogens is 1. The summed E-state index contributed by atoms with van der Waals surface area (Å²) in [5.41, 5.74) is 6.95. The van der Waals surface area contributed by atoms with E-state index in [1.165, 1.54) is 6.07 Å². The number of rotatable bonds is 4. The number of hydrogen-bond acceptors (Lipinski definition) is 2. The molecule has 0 saturated heterocycles. The molecule has 0 fully saturated rings. The second-order valence-corrected chi connectivity index (χ2v) is 4.25. The number of aryl methyl sites for hydroxylation is 1. The lowest BCUT2D eigenvalue weighted by atomic mass is 10.1. The largest absolute Gasteiger partial charge is 0.348 e. The highest BCUT2D eigenvalue weighted by Crippen LogP contribution is 2.16. The monoisotopic (exact) mass is 238 g/mol. The van der Waals surface area contributed by atoms with E-state index in [9.17, 15) is 9.18 Å². The quantitative estimate of drug-likeness (QED) is 0.843. The van der Waals surface area contributed by atoms with Gasteiger partial charge in [0.15, 0.2) is 0 Å². The van der Waals surface area contributed by atoms with E-state index in [0.717, 1.165) is 5.56 Å². The fourth-order valence-electron chi connectivity index (χ4n) is 1.47. The van der Waals surface area contributed by atoms with Crippen molar-refractivity contribution in [3.8, 4) is 0 Å². The predicted molar refractivity (Wildman–Crippen MR) is 66.0 cm³/mol. The van der Waals surface area contributed by atoms with Crippen molar-refractivity contribution in [1.29, 1.82) is 0 Å². The van der Waals surface area contributed by atoms with Gasteiger partial charge in [-0.25, -0.2) is 4.39 Å². The number of carbonyl (C=O) groups excluding carboxylic acids is 1. The van der Waals surface area contributed by atoms with Crippen LogP contribution < -0.4 is 11.1 Å². The lowest BCUT2D eigenvalue weighted by Crippen LogP contribution is -2.41. The Kier molecular flexibility index (Phi) is 4.63. The molecule has 17 heavy (non-hydrogen) atoms. The molecule has 4 heteroatoms. The third-order valence-electron chi connectivity index (χ3n) is 2.83. The zero-order chi connectivity index (χ0) is 13.0. The van der Waals surface area contributed by atoms with Gasteiger partial charge >= 0.3 is 0 Å². The molecule has 0 saturated carbocycles. The van der Waals surface area contributed by atoms with Crippen molar-refractivity contribution in [3.05, 3.63) is 35.1 Å². The molecule has 1 rings (SSSR count). The number of nitrogens with two attached hydrogens (primary N) is 1. The first-order valence-electron chi connectivity index (χ1n) is 5.77. The van der Waals surface area contributed by atoms with Gasteiger partial charge in [-0.15, -0.1) is 0 Å². The molecular weight excluding hydrogens is 219 g/mol. The van der Waals surface area contributed by atoms with Gasteiger partial charge in [-0.3, -0.25) is 4.79 Å². The Bertz CT molecular complexity index is 406. The van der Waals surface area contributed by atoms with Gasteiger partial charge in [0, 0.05) is 0 Å². The van der Waals surface area contributed by atoms with Crippen LogP contribution in [0.3, 0.4) is 0 Å². The lowest BCUT2D eigenvalue weighted by Gasteiger charge is -2.17. The van der Waals surface area contributed by atoms with Crippen molar-refractivity contribution in [2.24, 2.45) is 5.73 Å². The summed E-state index contributed by atoms with van der Waals surface area (Å²) in [5.74, 6) is -0.468. The van der Waals surface area contributed by atoms with E-state index < -0.39 is 6.04 Å². The first-order valence-corrected chi connectivity index (χ1v) is 5.77. The van der Waals surface area contributed by atoms with Crippen LogP contribution in [0.5, 0.6) is 0 Å². The van der Waals surface area contributed by atoms with E-state index in [4.69, 9.17) is 5.73 Å². The molecule has 0 aliphatic heterocycles. The predicted octanol–water partition coefficient (Wildman–Crippen LogP) is 2.05. The van der Waals surface area contributed by atoms with Crippen LogP contribution in [0.4, 0.5) is 4.39 Å². The van der Waals surface area contributed by atoms with Crippen LogP contribution in [0.25, 0.3) is 0 Å². The smallest absolute Gasteiger partial charge is 0.237 e. The van der Waals surface area contributed by atoms with Gasteiger partial charge in [0.2, 0.25) is 5.91 Å². The summed E-state index contributed by atoms with van der Waals surface area (Å²) in [6.45, 7) is 5.36. The van der Waals surface area contributed by atoms with Crippen LogP contribution >= 0.6 is 0 Å². The van der Waals surface area contributed by atoms with E-state index in [2.05, 4.69) is 5.32 Å². The minimum absolute atomic E-state index is 0.207. The molecule has 0 aliphatic carbocycles. The zero-order valence-corrected chi connectivity index (χ0v) is 10.5. The van der Waals surface area contributed by atoms with Crippen LogP contribution in [0.1, 0.15) is 37.4 Å².